The number of rotatable bonds is 10. The summed E-state index contributed by atoms with van der Waals surface area (Å²) in [6.07, 6.45) is 2.04. The Balaban J connectivity index is 2.15. The molecule has 0 atom stereocenters. The SMILES string of the molecule is CCCCOc1cc(C(=O)NCC[NH+](CC)CC)c2ccccc2n1. The first-order valence-electron chi connectivity index (χ1n) is 9.33. The average molecular weight is 344 g/mol. The third kappa shape index (κ3) is 5.43. The Bertz CT molecular complexity index is 684. The van der Waals surface area contributed by atoms with Gasteiger partial charge in [0.25, 0.3) is 5.91 Å². The zero-order valence-corrected chi connectivity index (χ0v) is 15.6. The summed E-state index contributed by atoms with van der Waals surface area (Å²) in [7, 11) is 0. The molecular weight excluding hydrogens is 314 g/mol. The number of hydrogen-bond donors (Lipinski definition) is 2. The van der Waals surface area contributed by atoms with Crippen LogP contribution in [0.15, 0.2) is 30.3 Å². The molecule has 5 heteroatoms. The van der Waals surface area contributed by atoms with E-state index in [4.69, 9.17) is 4.74 Å². The number of carbonyl (C=O) groups is 1. The quantitative estimate of drug-likeness (QED) is 0.649. The Hall–Kier alpha value is -2.14. The van der Waals surface area contributed by atoms with Gasteiger partial charge in [-0.25, -0.2) is 4.98 Å². The number of amides is 1. The zero-order valence-electron chi connectivity index (χ0n) is 15.6. The van der Waals surface area contributed by atoms with Crippen LogP contribution in [-0.4, -0.2) is 43.7 Å². The summed E-state index contributed by atoms with van der Waals surface area (Å²) in [5, 5.41) is 3.90. The van der Waals surface area contributed by atoms with Crippen molar-refractivity contribution in [1.82, 2.24) is 10.3 Å². The van der Waals surface area contributed by atoms with Crippen molar-refractivity contribution in [2.75, 3.05) is 32.8 Å². The number of aromatic nitrogens is 1. The summed E-state index contributed by atoms with van der Waals surface area (Å²) in [5.41, 5.74) is 1.42. The summed E-state index contributed by atoms with van der Waals surface area (Å²) >= 11 is 0. The smallest absolute Gasteiger partial charge is 0.252 e. The van der Waals surface area contributed by atoms with Crippen LogP contribution in [0.2, 0.25) is 0 Å². The predicted molar refractivity (Wildman–Crippen MR) is 101 cm³/mol. The molecule has 0 bridgehead atoms. The monoisotopic (exact) mass is 344 g/mol. The molecule has 0 saturated carbocycles. The van der Waals surface area contributed by atoms with E-state index in [1.807, 2.05) is 24.3 Å². The lowest BCUT2D eigenvalue weighted by atomic mass is 10.1. The van der Waals surface area contributed by atoms with Crippen molar-refractivity contribution in [3.63, 3.8) is 0 Å². The highest BCUT2D eigenvalue weighted by Gasteiger charge is 2.14. The molecule has 0 spiro atoms. The first-order chi connectivity index (χ1) is 12.2. The molecule has 0 fully saturated rings. The largest absolute Gasteiger partial charge is 0.478 e. The lowest BCUT2D eigenvalue weighted by molar-refractivity contribution is -0.895. The number of nitrogens with zero attached hydrogens (tertiary/aromatic N) is 1. The van der Waals surface area contributed by atoms with Crippen LogP contribution in [0, 0.1) is 0 Å². The molecule has 136 valence electrons. The van der Waals surface area contributed by atoms with E-state index in [0.29, 0.717) is 24.6 Å². The van der Waals surface area contributed by atoms with Gasteiger partial charge in [0, 0.05) is 11.5 Å². The van der Waals surface area contributed by atoms with Crippen molar-refractivity contribution in [3.8, 4) is 5.88 Å². The zero-order chi connectivity index (χ0) is 18.1. The number of para-hydroxylation sites is 1. The van der Waals surface area contributed by atoms with Crippen LogP contribution in [-0.2, 0) is 0 Å². The highest BCUT2D eigenvalue weighted by molar-refractivity contribution is 6.06. The molecule has 5 nitrogen and oxygen atoms in total. The minimum Gasteiger partial charge on any atom is -0.478 e. The fourth-order valence-electron chi connectivity index (χ4n) is 2.79. The molecule has 0 saturated heterocycles. The minimum atomic E-state index is -0.0644. The van der Waals surface area contributed by atoms with Crippen LogP contribution < -0.4 is 15.0 Å². The maximum atomic E-state index is 12.7. The molecule has 0 aliphatic rings. The van der Waals surface area contributed by atoms with Crippen molar-refractivity contribution >= 4 is 16.8 Å². The lowest BCUT2D eigenvalue weighted by Gasteiger charge is -2.16. The summed E-state index contributed by atoms with van der Waals surface area (Å²) < 4.78 is 5.73. The second kappa shape index (κ2) is 9.99. The van der Waals surface area contributed by atoms with Crippen molar-refractivity contribution in [3.05, 3.63) is 35.9 Å². The highest BCUT2D eigenvalue weighted by Crippen LogP contribution is 2.22. The van der Waals surface area contributed by atoms with Gasteiger partial charge in [-0.3, -0.25) is 4.79 Å². The van der Waals surface area contributed by atoms with Gasteiger partial charge in [0.1, 0.15) is 0 Å². The van der Waals surface area contributed by atoms with Gasteiger partial charge in [-0.2, -0.15) is 0 Å². The topological polar surface area (TPSA) is 55.7 Å². The van der Waals surface area contributed by atoms with Crippen LogP contribution in [0.3, 0.4) is 0 Å². The van der Waals surface area contributed by atoms with Crippen LogP contribution >= 0.6 is 0 Å². The number of hydrogen-bond acceptors (Lipinski definition) is 3. The Morgan fingerprint density at radius 3 is 2.68 bits per heavy atom. The van der Waals surface area contributed by atoms with E-state index < -0.39 is 0 Å². The summed E-state index contributed by atoms with van der Waals surface area (Å²) in [6, 6.07) is 9.47. The molecule has 1 heterocycles. The number of likely N-dealkylation sites (N-methyl/N-ethyl adjacent to an activating group) is 1. The van der Waals surface area contributed by atoms with Gasteiger partial charge < -0.3 is 15.0 Å². The number of carbonyl (C=O) groups excluding carboxylic acids is 1. The second-order valence-electron chi connectivity index (χ2n) is 6.19. The van der Waals surface area contributed by atoms with Gasteiger partial charge in [-0.15, -0.1) is 0 Å². The van der Waals surface area contributed by atoms with E-state index in [2.05, 4.69) is 31.1 Å². The maximum Gasteiger partial charge on any atom is 0.252 e. The fraction of sp³-hybridized carbons (Fsp3) is 0.500. The molecule has 0 radical (unpaired) electrons. The van der Waals surface area contributed by atoms with Crippen LogP contribution in [0.5, 0.6) is 5.88 Å². The molecule has 1 aromatic carbocycles. The second-order valence-corrected chi connectivity index (χ2v) is 6.19. The molecular formula is C20H30N3O2+. The predicted octanol–water partition coefficient (Wildman–Crippen LogP) is 2.07. The Morgan fingerprint density at radius 2 is 1.96 bits per heavy atom. The fourth-order valence-corrected chi connectivity index (χ4v) is 2.79. The van der Waals surface area contributed by atoms with Crippen LogP contribution in [0.4, 0.5) is 0 Å². The molecule has 1 amide bonds. The van der Waals surface area contributed by atoms with Crippen LogP contribution in [0.1, 0.15) is 44.0 Å². The normalized spacial score (nSPS) is 11.0. The van der Waals surface area contributed by atoms with Crippen molar-refractivity contribution in [2.45, 2.75) is 33.6 Å². The van der Waals surface area contributed by atoms with E-state index in [1.54, 1.807) is 6.07 Å². The molecule has 25 heavy (non-hydrogen) atoms. The number of ether oxygens (including phenoxy) is 1. The molecule has 2 aromatic rings. The first-order valence-corrected chi connectivity index (χ1v) is 9.33. The number of unbranched alkanes of at least 4 members (excludes halogenated alkanes) is 1. The van der Waals surface area contributed by atoms with Crippen molar-refractivity contribution < 1.29 is 14.4 Å². The third-order valence-corrected chi connectivity index (χ3v) is 4.45. The molecule has 0 aliphatic heterocycles. The molecule has 2 rings (SSSR count). The van der Waals surface area contributed by atoms with Gasteiger partial charge in [0.2, 0.25) is 5.88 Å². The van der Waals surface area contributed by atoms with E-state index >= 15 is 0 Å². The lowest BCUT2D eigenvalue weighted by Crippen LogP contribution is -3.12. The van der Waals surface area contributed by atoms with Gasteiger partial charge in [0.15, 0.2) is 0 Å². The Morgan fingerprint density at radius 1 is 1.20 bits per heavy atom. The van der Waals surface area contributed by atoms with Gasteiger partial charge in [0.05, 0.1) is 43.9 Å². The van der Waals surface area contributed by atoms with Crippen molar-refractivity contribution in [2.24, 2.45) is 0 Å². The van der Waals surface area contributed by atoms with Gasteiger partial charge in [-0.1, -0.05) is 31.5 Å². The first kappa shape index (κ1) is 19.2. The van der Waals surface area contributed by atoms with Gasteiger partial charge >= 0.3 is 0 Å². The van der Waals surface area contributed by atoms with E-state index in [-0.39, 0.29) is 5.91 Å². The molecule has 0 unspecified atom stereocenters. The number of fused-ring (bicyclic) bond motifs is 1. The van der Waals surface area contributed by atoms with Crippen molar-refractivity contribution in [1.29, 1.82) is 0 Å². The molecule has 0 aliphatic carbocycles. The Labute approximate surface area is 150 Å². The summed E-state index contributed by atoms with van der Waals surface area (Å²) in [6.45, 7) is 10.8. The number of quaternary nitrogens is 1. The van der Waals surface area contributed by atoms with E-state index in [9.17, 15) is 4.79 Å². The minimum absolute atomic E-state index is 0.0644. The third-order valence-electron chi connectivity index (χ3n) is 4.45. The molecule has 2 N–H and O–H groups in total. The molecule has 1 aromatic heterocycles. The van der Waals surface area contributed by atoms with E-state index in [1.165, 1.54) is 4.90 Å². The maximum absolute atomic E-state index is 12.7. The number of benzene rings is 1. The number of pyridine rings is 1. The van der Waals surface area contributed by atoms with E-state index in [0.717, 1.165) is 43.4 Å². The average Bonchev–Trinajstić information content (AvgIpc) is 2.64. The Kier molecular flexibility index (Phi) is 7.67. The van der Waals surface area contributed by atoms with Gasteiger partial charge in [-0.05, 0) is 26.3 Å². The summed E-state index contributed by atoms with van der Waals surface area (Å²) in [5.74, 6) is 0.456. The summed E-state index contributed by atoms with van der Waals surface area (Å²) in [4.78, 5) is 18.7. The standard InChI is InChI=1S/C20H29N3O2/c1-4-7-14-25-19-15-17(16-10-8-9-11-18(16)22-19)20(24)21-12-13-23(5-2)6-3/h8-11,15H,4-7,12-14H2,1-3H3,(H,21,24)/p+1. The van der Waals surface area contributed by atoms with Crippen LogP contribution in [0.25, 0.3) is 10.9 Å². The highest BCUT2D eigenvalue weighted by atomic mass is 16.5. The number of nitrogens with one attached hydrogen (secondary N) is 2.